The average molecular weight is 635 g/mol. The van der Waals surface area contributed by atoms with E-state index < -0.39 is 81.6 Å². The molecule has 0 aliphatic rings. The van der Waals surface area contributed by atoms with E-state index in [4.69, 9.17) is 13.9 Å². The number of nitrogens with zero attached hydrogens (tertiary/aromatic N) is 3. The molecular formula is C28H29F7N4O5. The number of methoxy groups -OCH3 is 1. The molecule has 0 fully saturated rings. The van der Waals surface area contributed by atoms with E-state index in [1.165, 1.54) is 33.8 Å². The second-order valence-corrected chi connectivity index (χ2v) is 10.6. The molecule has 1 amide bonds. The van der Waals surface area contributed by atoms with Crippen LogP contribution in [0.2, 0.25) is 0 Å². The molecule has 3 rings (SSSR count). The Kier molecular flexibility index (Phi) is 9.80. The highest BCUT2D eigenvalue weighted by atomic mass is 19.4. The van der Waals surface area contributed by atoms with Crippen LogP contribution in [0.5, 0.6) is 0 Å². The Bertz CT molecular complexity index is 1520. The van der Waals surface area contributed by atoms with Gasteiger partial charge in [-0.3, -0.25) is 5.32 Å². The molecule has 0 saturated carbocycles. The molecule has 9 nitrogen and oxygen atoms in total. The van der Waals surface area contributed by atoms with Crippen molar-refractivity contribution < 1.29 is 54.5 Å². The number of anilines is 1. The smallest absolute Gasteiger partial charge is 0.430 e. The summed E-state index contributed by atoms with van der Waals surface area (Å²) in [5.41, 5.74) is -9.92. The van der Waals surface area contributed by atoms with Crippen molar-refractivity contribution in [1.82, 2.24) is 15.2 Å². The third kappa shape index (κ3) is 7.35. The van der Waals surface area contributed by atoms with Gasteiger partial charge in [-0.05, 0) is 58.7 Å². The van der Waals surface area contributed by atoms with Crippen LogP contribution in [-0.4, -0.2) is 45.3 Å². The first-order valence-electron chi connectivity index (χ1n) is 12.9. The molecule has 0 radical (unpaired) electrons. The summed E-state index contributed by atoms with van der Waals surface area (Å²) in [5.74, 6) is -3.97. The van der Waals surface area contributed by atoms with Crippen LogP contribution in [-0.2, 0) is 21.3 Å². The van der Waals surface area contributed by atoms with Gasteiger partial charge in [0.1, 0.15) is 11.4 Å². The molecule has 0 aliphatic carbocycles. The van der Waals surface area contributed by atoms with Gasteiger partial charge in [0, 0.05) is 12.7 Å². The second kappa shape index (κ2) is 12.5. The fourth-order valence-electron chi connectivity index (χ4n) is 4.08. The predicted octanol–water partition coefficient (Wildman–Crippen LogP) is 7.40. The number of halogens is 7. The van der Waals surface area contributed by atoms with Gasteiger partial charge in [0.05, 0.1) is 23.0 Å². The lowest BCUT2D eigenvalue weighted by Crippen LogP contribution is -2.44. The van der Waals surface area contributed by atoms with E-state index in [0.717, 1.165) is 19.2 Å². The topological polar surface area (TPSA) is 120 Å². The molecule has 0 saturated heterocycles. The first-order chi connectivity index (χ1) is 20.2. The quantitative estimate of drug-likeness (QED) is 0.185. The Hall–Kier alpha value is -4.05. The molecule has 0 spiro atoms. The third-order valence-electron chi connectivity index (χ3n) is 6.07. The molecule has 2 unspecified atom stereocenters. The summed E-state index contributed by atoms with van der Waals surface area (Å²) in [4.78, 5) is 16.5. The number of rotatable bonds is 9. The fourth-order valence-corrected chi connectivity index (χ4v) is 4.08. The van der Waals surface area contributed by atoms with Gasteiger partial charge >= 0.3 is 18.4 Å². The molecule has 0 bridgehead atoms. The van der Waals surface area contributed by atoms with Crippen LogP contribution in [0, 0.1) is 12.7 Å². The number of benzene rings is 1. The first-order valence-corrected chi connectivity index (χ1v) is 12.9. The van der Waals surface area contributed by atoms with Crippen LogP contribution in [0.3, 0.4) is 0 Å². The fraction of sp³-hybridized carbons (Fsp3) is 0.429. The van der Waals surface area contributed by atoms with Crippen LogP contribution < -0.4 is 5.32 Å². The lowest BCUT2D eigenvalue weighted by atomic mass is 9.91. The minimum absolute atomic E-state index is 0.0378. The van der Waals surface area contributed by atoms with Crippen LogP contribution in [0.1, 0.15) is 68.0 Å². The summed E-state index contributed by atoms with van der Waals surface area (Å²) in [6.07, 6.45) is -11.6. The molecule has 16 heteroatoms. The van der Waals surface area contributed by atoms with Gasteiger partial charge in [-0.2, -0.15) is 26.3 Å². The van der Waals surface area contributed by atoms with Crippen LogP contribution in [0.4, 0.5) is 41.2 Å². The van der Waals surface area contributed by atoms with Gasteiger partial charge in [0.2, 0.25) is 0 Å². The van der Waals surface area contributed by atoms with Gasteiger partial charge < -0.3 is 19.0 Å². The molecule has 1 aromatic carbocycles. The number of carbonyl (C=O) groups is 1. The number of hydrogen-bond donors (Lipinski definition) is 2. The standard InChI is InChI=1S/C28H29F7N4O5/c1-7-8-9-19(42-6)20-16(27(30,31)32)13-18(36-24(40)44-25(3,4)5)21(37-20)22-38-39-23(43-22)26(41,28(33,34)35)15-12-14(2)10-11-17(15)29/h7,10-13,19,41H,1,8-9H2,2-6H3,(H,36,40). The van der Waals surface area contributed by atoms with E-state index in [0.29, 0.717) is 12.1 Å². The van der Waals surface area contributed by atoms with Gasteiger partial charge in [-0.1, -0.05) is 17.7 Å². The Balaban J connectivity index is 2.32. The summed E-state index contributed by atoms with van der Waals surface area (Å²) in [6, 6.07) is 3.04. The molecule has 2 N–H and O–H groups in total. The lowest BCUT2D eigenvalue weighted by Gasteiger charge is -2.28. The molecule has 2 aromatic heterocycles. The summed E-state index contributed by atoms with van der Waals surface area (Å²) in [5, 5.41) is 19.7. The summed E-state index contributed by atoms with van der Waals surface area (Å²) in [6.45, 7) is 9.30. The minimum atomic E-state index is -5.62. The van der Waals surface area contributed by atoms with Crippen molar-refractivity contribution >= 4 is 11.8 Å². The normalized spacial score (nSPS) is 14.6. The summed E-state index contributed by atoms with van der Waals surface area (Å²) in [7, 11) is 1.12. The van der Waals surface area contributed by atoms with Crippen molar-refractivity contribution in [3.63, 3.8) is 0 Å². The number of aryl methyl sites for hydroxylation is 1. The number of allylic oxidation sites excluding steroid dienone is 1. The zero-order valence-electron chi connectivity index (χ0n) is 24.2. The Morgan fingerprint density at radius 3 is 2.32 bits per heavy atom. The third-order valence-corrected chi connectivity index (χ3v) is 6.07. The van der Waals surface area contributed by atoms with Crippen LogP contribution in [0.15, 0.2) is 41.3 Å². The van der Waals surface area contributed by atoms with E-state index in [1.54, 1.807) is 0 Å². The molecular weight excluding hydrogens is 605 g/mol. The number of nitrogens with one attached hydrogen (secondary N) is 1. The first kappa shape index (κ1) is 34.4. The highest BCUT2D eigenvalue weighted by Crippen LogP contribution is 2.46. The Labute approximate surface area is 247 Å². The molecule has 240 valence electrons. The zero-order chi connectivity index (χ0) is 33.3. The Morgan fingerprint density at radius 1 is 1.11 bits per heavy atom. The number of aliphatic hydroxyl groups is 1. The number of hydrogen-bond acceptors (Lipinski definition) is 8. The maximum absolute atomic E-state index is 14.6. The molecule has 3 aromatic rings. The van der Waals surface area contributed by atoms with E-state index >= 15 is 0 Å². The second-order valence-electron chi connectivity index (χ2n) is 10.6. The molecule has 44 heavy (non-hydrogen) atoms. The number of aromatic nitrogens is 3. The van der Waals surface area contributed by atoms with Crippen molar-refractivity contribution in [2.75, 3.05) is 12.4 Å². The van der Waals surface area contributed by atoms with E-state index in [9.17, 15) is 40.6 Å². The molecule has 2 heterocycles. The van der Waals surface area contributed by atoms with Crippen molar-refractivity contribution in [1.29, 1.82) is 0 Å². The van der Waals surface area contributed by atoms with Crippen molar-refractivity contribution in [2.45, 2.75) is 70.2 Å². The molecule has 2 atom stereocenters. The van der Waals surface area contributed by atoms with Gasteiger partial charge in [0.15, 0.2) is 5.69 Å². The van der Waals surface area contributed by atoms with E-state index in [-0.39, 0.29) is 18.4 Å². The highest BCUT2D eigenvalue weighted by molar-refractivity contribution is 5.89. The summed E-state index contributed by atoms with van der Waals surface area (Å²) < 4.78 is 116. The van der Waals surface area contributed by atoms with E-state index in [1.807, 2.05) is 0 Å². The number of alkyl halides is 6. The average Bonchev–Trinajstić information content (AvgIpc) is 3.38. The Morgan fingerprint density at radius 2 is 1.77 bits per heavy atom. The highest BCUT2D eigenvalue weighted by Gasteiger charge is 2.61. The molecule has 0 aliphatic heterocycles. The lowest BCUT2D eigenvalue weighted by molar-refractivity contribution is -0.256. The maximum Gasteiger partial charge on any atom is 0.430 e. The van der Waals surface area contributed by atoms with E-state index in [2.05, 4.69) is 27.1 Å². The maximum atomic E-state index is 14.6. The minimum Gasteiger partial charge on any atom is -0.444 e. The van der Waals surface area contributed by atoms with Gasteiger partial charge in [-0.25, -0.2) is 14.2 Å². The van der Waals surface area contributed by atoms with Crippen LogP contribution in [0.25, 0.3) is 11.6 Å². The largest absolute Gasteiger partial charge is 0.444 e. The SMILES string of the molecule is C=CCCC(OC)c1nc(-c2nnc(C(O)(c3cc(C)ccc3F)C(F)(F)F)o2)c(NC(=O)OC(C)(C)C)cc1C(F)(F)F. The monoisotopic (exact) mass is 634 g/mol. The predicted molar refractivity (Wildman–Crippen MR) is 142 cm³/mol. The van der Waals surface area contributed by atoms with Gasteiger partial charge in [0.25, 0.3) is 17.4 Å². The van der Waals surface area contributed by atoms with Crippen molar-refractivity contribution in [3.05, 3.63) is 71.0 Å². The number of amides is 1. The summed E-state index contributed by atoms with van der Waals surface area (Å²) >= 11 is 0. The zero-order valence-corrected chi connectivity index (χ0v) is 24.2. The number of pyridine rings is 1. The van der Waals surface area contributed by atoms with Crippen molar-refractivity contribution in [3.8, 4) is 11.6 Å². The van der Waals surface area contributed by atoms with Gasteiger partial charge in [-0.15, -0.1) is 16.8 Å². The number of ether oxygens (including phenoxy) is 2. The van der Waals surface area contributed by atoms with Crippen molar-refractivity contribution in [2.24, 2.45) is 0 Å². The van der Waals surface area contributed by atoms with Crippen LogP contribution >= 0.6 is 0 Å². The number of carbonyl (C=O) groups excluding carboxylic acids is 1.